The van der Waals surface area contributed by atoms with Gasteiger partial charge in [0.15, 0.2) is 0 Å². The van der Waals surface area contributed by atoms with Crippen LogP contribution in [0.5, 0.6) is 0 Å². The average Bonchev–Trinajstić information content (AvgIpc) is 2.83. The number of aromatic amines is 1. The van der Waals surface area contributed by atoms with E-state index in [0.29, 0.717) is 0 Å². The lowest BCUT2D eigenvalue weighted by atomic mass is 10.1. The van der Waals surface area contributed by atoms with Crippen molar-refractivity contribution in [2.24, 2.45) is 0 Å². The third-order valence-corrected chi connectivity index (χ3v) is 2.54. The van der Waals surface area contributed by atoms with Gasteiger partial charge in [-0.25, -0.2) is 13.6 Å². The molecular weight excluding hydrogens is 258 g/mol. The van der Waals surface area contributed by atoms with Crippen LogP contribution in [0.4, 0.5) is 8.78 Å². The van der Waals surface area contributed by atoms with Crippen molar-refractivity contribution in [2.45, 2.75) is 6.61 Å². The summed E-state index contributed by atoms with van der Waals surface area (Å²) in [5.74, 6) is -2.89. The number of hydrogen-bond acceptors (Lipinski definition) is 3. The van der Waals surface area contributed by atoms with Crippen molar-refractivity contribution in [2.75, 3.05) is 7.11 Å². The number of rotatable bonds is 4. The summed E-state index contributed by atoms with van der Waals surface area (Å²) >= 11 is 0. The first-order chi connectivity index (χ1) is 9.04. The molecule has 2 aromatic rings. The lowest BCUT2D eigenvalue weighted by Crippen LogP contribution is -1.98. The van der Waals surface area contributed by atoms with Crippen LogP contribution in [0.25, 0.3) is 11.3 Å². The van der Waals surface area contributed by atoms with E-state index in [0.717, 1.165) is 12.1 Å². The lowest BCUT2D eigenvalue weighted by Gasteiger charge is -2.06. The highest BCUT2D eigenvalue weighted by molar-refractivity contribution is 5.86. The number of carbonyl (C=O) groups is 1. The van der Waals surface area contributed by atoms with E-state index in [2.05, 4.69) is 10.2 Å². The van der Waals surface area contributed by atoms with Crippen molar-refractivity contribution >= 4 is 5.97 Å². The maximum absolute atomic E-state index is 14.1. The third kappa shape index (κ3) is 2.45. The molecule has 19 heavy (non-hydrogen) atoms. The molecule has 2 rings (SSSR count). The van der Waals surface area contributed by atoms with Gasteiger partial charge in [0, 0.05) is 12.7 Å². The SMILES string of the molecule is COCc1ccc(F)c(-c2cc(C(=O)O)[nH]n2)c1F. The quantitative estimate of drug-likeness (QED) is 0.891. The van der Waals surface area contributed by atoms with Gasteiger partial charge in [-0.1, -0.05) is 6.07 Å². The molecule has 1 aromatic carbocycles. The standard InChI is InChI=1S/C12H10F2N2O3/c1-19-5-6-2-3-7(13)10(11(6)14)8-4-9(12(17)18)16-15-8/h2-4H,5H2,1H3,(H,15,16)(H,17,18). The highest BCUT2D eigenvalue weighted by atomic mass is 19.1. The van der Waals surface area contributed by atoms with Crippen LogP contribution in [0.3, 0.4) is 0 Å². The number of methoxy groups -OCH3 is 1. The van der Waals surface area contributed by atoms with Crippen LogP contribution in [-0.2, 0) is 11.3 Å². The number of carboxylic acids is 1. The number of ether oxygens (including phenoxy) is 1. The highest BCUT2D eigenvalue weighted by Crippen LogP contribution is 2.27. The summed E-state index contributed by atoms with van der Waals surface area (Å²) in [5, 5.41) is 14.5. The van der Waals surface area contributed by atoms with Gasteiger partial charge in [-0.3, -0.25) is 5.10 Å². The molecule has 7 heteroatoms. The van der Waals surface area contributed by atoms with Crippen LogP contribution in [0.1, 0.15) is 16.1 Å². The molecule has 0 bridgehead atoms. The van der Waals surface area contributed by atoms with Gasteiger partial charge in [0.1, 0.15) is 17.3 Å². The van der Waals surface area contributed by atoms with Crippen molar-refractivity contribution in [1.82, 2.24) is 10.2 Å². The predicted octanol–water partition coefficient (Wildman–Crippen LogP) is 2.20. The van der Waals surface area contributed by atoms with Gasteiger partial charge in [0.25, 0.3) is 0 Å². The van der Waals surface area contributed by atoms with E-state index in [9.17, 15) is 13.6 Å². The van der Waals surface area contributed by atoms with Crippen LogP contribution < -0.4 is 0 Å². The van der Waals surface area contributed by atoms with E-state index in [4.69, 9.17) is 9.84 Å². The summed E-state index contributed by atoms with van der Waals surface area (Å²) in [6, 6.07) is 3.42. The van der Waals surface area contributed by atoms with Crippen LogP contribution in [0.15, 0.2) is 18.2 Å². The van der Waals surface area contributed by atoms with E-state index >= 15 is 0 Å². The van der Waals surface area contributed by atoms with Crippen molar-refractivity contribution in [3.8, 4) is 11.3 Å². The molecule has 5 nitrogen and oxygen atoms in total. The molecular formula is C12H10F2N2O3. The van der Waals surface area contributed by atoms with Gasteiger partial charge in [-0.05, 0) is 12.1 Å². The van der Waals surface area contributed by atoms with E-state index < -0.39 is 17.6 Å². The molecule has 100 valence electrons. The molecule has 0 atom stereocenters. The monoisotopic (exact) mass is 268 g/mol. The van der Waals surface area contributed by atoms with E-state index in [-0.39, 0.29) is 29.1 Å². The van der Waals surface area contributed by atoms with Crippen molar-refractivity contribution in [1.29, 1.82) is 0 Å². The first kappa shape index (κ1) is 13.2. The Hall–Kier alpha value is -2.28. The Morgan fingerprint density at radius 3 is 2.79 bits per heavy atom. The zero-order valence-corrected chi connectivity index (χ0v) is 9.91. The second-order valence-corrected chi connectivity index (χ2v) is 3.80. The van der Waals surface area contributed by atoms with E-state index in [1.54, 1.807) is 0 Å². The second-order valence-electron chi connectivity index (χ2n) is 3.80. The minimum Gasteiger partial charge on any atom is -0.477 e. The Kier molecular flexibility index (Phi) is 3.57. The molecule has 0 spiro atoms. The number of nitrogens with one attached hydrogen (secondary N) is 1. The van der Waals surface area contributed by atoms with Crippen molar-refractivity contribution in [3.63, 3.8) is 0 Å². The second kappa shape index (κ2) is 5.15. The van der Waals surface area contributed by atoms with Crippen LogP contribution in [-0.4, -0.2) is 28.4 Å². The maximum Gasteiger partial charge on any atom is 0.353 e. The Morgan fingerprint density at radius 1 is 1.47 bits per heavy atom. The minimum atomic E-state index is -1.26. The summed E-state index contributed by atoms with van der Waals surface area (Å²) in [7, 11) is 1.39. The summed E-state index contributed by atoms with van der Waals surface area (Å²) < 4.78 is 32.6. The smallest absolute Gasteiger partial charge is 0.353 e. The average molecular weight is 268 g/mol. The van der Waals surface area contributed by atoms with Gasteiger partial charge in [-0.2, -0.15) is 5.10 Å². The third-order valence-electron chi connectivity index (χ3n) is 2.54. The van der Waals surface area contributed by atoms with Crippen molar-refractivity contribution in [3.05, 3.63) is 41.1 Å². The fraction of sp³-hybridized carbons (Fsp3) is 0.167. The summed E-state index contributed by atoms with van der Waals surface area (Å²) in [4.78, 5) is 10.7. The zero-order chi connectivity index (χ0) is 14.0. The number of carboxylic acid groups (broad SMARTS) is 1. The normalized spacial score (nSPS) is 10.7. The number of nitrogens with zero attached hydrogens (tertiary/aromatic N) is 1. The number of halogens is 2. The summed E-state index contributed by atoms with van der Waals surface area (Å²) in [6.07, 6.45) is 0. The first-order valence-electron chi connectivity index (χ1n) is 5.29. The molecule has 0 radical (unpaired) electrons. The number of hydrogen-bond donors (Lipinski definition) is 2. The predicted molar refractivity (Wildman–Crippen MR) is 61.6 cm³/mol. The van der Waals surface area contributed by atoms with E-state index in [1.807, 2.05) is 0 Å². The summed E-state index contributed by atoms with van der Waals surface area (Å²) in [6.45, 7) is -0.0185. The lowest BCUT2D eigenvalue weighted by molar-refractivity contribution is 0.0690. The minimum absolute atomic E-state index is 0.0185. The molecule has 1 aromatic heterocycles. The number of benzene rings is 1. The molecule has 0 amide bonds. The number of aromatic carboxylic acids is 1. The molecule has 0 aliphatic rings. The fourth-order valence-corrected chi connectivity index (χ4v) is 1.66. The Balaban J connectivity index is 2.53. The van der Waals surface area contributed by atoms with Crippen LogP contribution >= 0.6 is 0 Å². The Morgan fingerprint density at radius 2 is 2.21 bits per heavy atom. The molecule has 2 N–H and O–H groups in total. The summed E-state index contributed by atoms with van der Waals surface area (Å²) in [5.41, 5.74) is -0.562. The van der Waals surface area contributed by atoms with Gasteiger partial charge in [0.2, 0.25) is 0 Å². The molecule has 1 heterocycles. The Bertz CT molecular complexity index is 625. The topological polar surface area (TPSA) is 75.2 Å². The van der Waals surface area contributed by atoms with Crippen molar-refractivity contribution < 1.29 is 23.4 Å². The number of aromatic nitrogens is 2. The molecule has 0 saturated heterocycles. The largest absolute Gasteiger partial charge is 0.477 e. The highest BCUT2D eigenvalue weighted by Gasteiger charge is 2.19. The first-order valence-corrected chi connectivity index (χ1v) is 5.29. The molecule has 0 aliphatic carbocycles. The fourth-order valence-electron chi connectivity index (χ4n) is 1.66. The van der Waals surface area contributed by atoms with Crippen LogP contribution in [0.2, 0.25) is 0 Å². The van der Waals surface area contributed by atoms with E-state index in [1.165, 1.54) is 13.2 Å². The molecule has 0 aliphatic heterocycles. The number of H-pyrrole nitrogens is 1. The molecule has 0 unspecified atom stereocenters. The van der Waals surface area contributed by atoms with Gasteiger partial charge < -0.3 is 9.84 Å². The van der Waals surface area contributed by atoms with Gasteiger partial charge in [0.05, 0.1) is 17.9 Å². The maximum atomic E-state index is 14.1. The zero-order valence-electron chi connectivity index (χ0n) is 9.91. The Labute approximate surface area is 106 Å². The molecule has 0 saturated carbocycles. The van der Waals surface area contributed by atoms with Crippen LogP contribution in [0, 0.1) is 11.6 Å². The van der Waals surface area contributed by atoms with Gasteiger partial charge in [-0.15, -0.1) is 0 Å². The molecule has 0 fully saturated rings. The van der Waals surface area contributed by atoms with Gasteiger partial charge >= 0.3 is 5.97 Å².